The van der Waals surface area contributed by atoms with Crippen LogP contribution in [-0.4, -0.2) is 64.9 Å². The molecule has 10 nitrogen and oxygen atoms in total. The van der Waals surface area contributed by atoms with E-state index in [0.717, 1.165) is 69.3 Å². The molecule has 254 valence electrons. The van der Waals surface area contributed by atoms with E-state index in [1.165, 1.54) is 14.2 Å². The van der Waals surface area contributed by atoms with Gasteiger partial charge in [0.25, 0.3) is 5.91 Å². The van der Waals surface area contributed by atoms with Gasteiger partial charge in [-0.3, -0.25) is 24.3 Å². The number of amides is 1. The van der Waals surface area contributed by atoms with E-state index < -0.39 is 0 Å². The first-order valence-electron chi connectivity index (χ1n) is 16.3. The van der Waals surface area contributed by atoms with Crippen molar-refractivity contribution in [1.82, 2.24) is 19.4 Å². The summed E-state index contributed by atoms with van der Waals surface area (Å²) in [5.74, 6) is 0.307. The summed E-state index contributed by atoms with van der Waals surface area (Å²) in [4.78, 5) is 49.3. The fourth-order valence-electron chi connectivity index (χ4n) is 8.26. The zero-order valence-electron chi connectivity index (χ0n) is 27.6. The number of carbonyl (C=O) groups excluding carboxylic acids is 3. The molecule has 0 saturated heterocycles. The molecule has 0 radical (unpaired) electrons. The Labute approximate surface area is 294 Å². The molecular weight excluding hydrogens is 665 g/mol. The highest BCUT2D eigenvalue weighted by atomic mass is 35.5. The van der Waals surface area contributed by atoms with Crippen LogP contribution in [0.5, 0.6) is 5.75 Å². The van der Waals surface area contributed by atoms with Crippen LogP contribution in [0, 0.1) is 10.8 Å². The fraction of sp³-hybridized carbons (Fsp3) is 0.378. The van der Waals surface area contributed by atoms with E-state index in [0.29, 0.717) is 61.8 Å². The quantitative estimate of drug-likeness (QED) is 0.146. The molecule has 2 aromatic carbocycles. The first-order chi connectivity index (χ1) is 23.6. The van der Waals surface area contributed by atoms with Crippen LogP contribution in [0.1, 0.15) is 64.5 Å². The van der Waals surface area contributed by atoms with Crippen molar-refractivity contribution in [2.45, 2.75) is 45.1 Å². The van der Waals surface area contributed by atoms with Gasteiger partial charge in [-0.1, -0.05) is 41.4 Å². The van der Waals surface area contributed by atoms with Crippen molar-refractivity contribution in [1.29, 1.82) is 0 Å². The summed E-state index contributed by atoms with van der Waals surface area (Å²) >= 11 is 13.8. The fourth-order valence-corrected chi connectivity index (χ4v) is 8.85. The third-order valence-corrected chi connectivity index (χ3v) is 11.5. The highest BCUT2D eigenvalue weighted by molar-refractivity contribution is 6.39. The summed E-state index contributed by atoms with van der Waals surface area (Å²) < 4.78 is 12.4. The van der Waals surface area contributed by atoms with Gasteiger partial charge in [0, 0.05) is 61.7 Å². The topological polar surface area (TPSA) is 116 Å². The minimum atomic E-state index is -0.362. The molecule has 2 saturated carbocycles. The largest absolute Gasteiger partial charge is 0.496 e. The summed E-state index contributed by atoms with van der Waals surface area (Å²) in [5, 5.41) is 3.66. The summed E-state index contributed by atoms with van der Waals surface area (Å²) in [6.45, 7) is 2.45. The zero-order valence-corrected chi connectivity index (χ0v) is 29.2. The predicted octanol–water partition coefficient (Wildman–Crippen LogP) is 7.01. The van der Waals surface area contributed by atoms with Gasteiger partial charge in [-0.05, 0) is 61.8 Å². The summed E-state index contributed by atoms with van der Waals surface area (Å²) in [7, 11) is 4.86. The van der Waals surface area contributed by atoms with Crippen LogP contribution in [0.25, 0.3) is 22.4 Å². The minimum absolute atomic E-state index is 0.0595. The molecule has 49 heavy (non-hydrogen) atoms. The molecule has 2 bridgehead atoms. The highest BCUT2D eigenvalue weighted by Crippen LogP contribution is 2.62. The number of nitrogens with zero attached hydrogens (tertiary/aromatic N) is 4. The molecule has 1 aliphatic heterocycles. The first-order valence-corrected chi connectivity index (χ1v) is 17.1. The van der Waals surface area contributed by atoms with Crippen LogP contribution < -0.4 is 10.1 Å². The molecule has 12 heteroatoms. The number of hydrogen-bond acceptors (Lipinski definition) is 8. The Morgan fingerprint density at radius 1 is 1.04 bits per heavy atom. The molecule has 2 aliphatic carbocycles. The van der Waals surface area contributed by atoms with Crippen LogP contribution in [0.3, 0.4) is 0 Å². The standard InChI is InChI=1S/C37H37Cl2N5O5/c1-43-28-10-16-44(21-36-11-13-37(20-36,14-12-36)35(47)49-3)18-27(28)41-33(43)34(46)42-26-6-4-5-24(30(26)38)25-9-15-40-32(31(25)39)22-7-8-23(19-45)29(17-22)48-2/h4-9,15,17,19H,10-14,16,18,20-21H2,1-3H3,(H,42,46). The molecule has 0 unspecified atom stereocenters. The van der Waals surface area contributed by atoms with Gasteiger partial charge in [0.05, 0.1) is 52.3 Å². The molecule has 3 aliphatic rings. The normalized spacial score (nSPS) is 21.3. The van der Waals surface area contributed by atoms with Crippen LogP contribution >= 0.6 is 23.2 Å². The molecule has 3 heterocycles. The number of methoxy groups -OCH3 is 2. The van der Waals surface area contributed by atoms with Crippen LogP contribution in [0.4, 0.5) is 5.69 Å². The number of rotatable bonds is 9. The molecule has 2 aromatic heterocycles. The maximum Gasteiger partial charge on any atom is 0.311 e. The Kier molecular flexibility index (Phi) is 8.75. The molecule has 1 N–H and O–H groups in total. The Hall–Kier alpha value is -4.25. The maximum atomic E-state index is 13.7. The van der Waals surface area contributed by atoms with Gasteiger partial charge in [-0.2, -0.15) is 0 Å². The molecule has 4 aromatic rings. The van der Waals surface area contributed by atoms with E-state index in [4.69, 9.17) is 37.7 Å². The highest BCUT2D eigenvalue weighted by Gasteiger charge is 2.59. The lowest BCUT2D eigenvalue weighted by Crippen LogP contribution is -2.39. The first kappa shape index (κ1) is 33.3. The third-order valence-electron chi connectivity index (χ3n) is 10.8. The van der Waals surface area contributed by atoms with E-state index in [-0.39, 0.29) is 22.7 Å². The van der Waals surface area contributed by atoms with Gasteiger partial charge in [0.15, 0.2) is 12.1 Å². The van der Waals surface area contributed by atoms with Crippen LogP contribution in [-0.2, 0) is 29.5 Å². The number of esters is 1. The number of pyridine rings is 1. The summed E-state index contributed by atoms with van der Waals surface area (Å²) in [5.41, 5.74) is 5.04. The minimum Gasteiger partial charge on any atom is -0.496 e. The van der Waals surface area contributed by atoms with Gasteiger partial charge >= 0.3 is 5.97 Å². The van der Waals surface area contributed by atoms with Crippen molar-refractivity contribution < 1.29 is 23.9 Å². The summed E-state index contributed by atoms with van der Waals surface area (Å²) in [6.07, 6.45) is 7.91. The van der Waals surface area contributed by atoms with E-state index in [9.17, 15) is 14.4 Å². The zero-order chi connectivity index (χ0) is 34.5. The monoisotopic (exact) mass is 701 g/mol. The van der Waals surface area contributed by atoms with Crippen molar-refractivity contribution in [3.8, 4) is 28.1 Å². The van der Waals surface area contributed by atoms with Crippen molar-refractivity contribution in [3.05, 3.63) is 81.5 Å². The van der Waals surface area contributed by atoms with Crippen LogP contribution in [0.15, 0.2) is 48.7 Å². The van der Waals surface area contributed by atoms with E-state index in [2.05, 4.69) is 15.2 Å². The number of halogens is 2. The second kappa shape index (κ2) is 12.9. The van der Waals surface area contributed by atoms with Crippen molar-refractivity contribution in [2.24, 2.45) is 17.9 Å². The average molecular weight is 703 g/mol. The number of nitrogens with one attached hydrogen (secondary N) is 1. The molecule has 7 rings (SSSR count). The maximum absolute atomic E-state index is 13.7. The van der Waals surface area contributed by atoms with Gasteiger partial charge in [-0.15, -0.1) is 0 Å². The average Bonchev–Trinajstić information content (AvgIpc) is 3.78. The van der Waals surface area contributed by atoms with Gasteiger partial charge < -0.3 is 19.4 Å². The smallest absolute Gasteiger partial charge is 0.311 e. The van der Waals surface area contributed by atoms with E-state index in [1.54, 1.807) is 42.6 Å². The molecule has 1 amide bonds. The molecule has 0 spiro atoms. The number of imidazole rings is 1. The van der Waals surface area contributed by atoms with Gasteiger partial charge in [-0.25, -0.2) is 4.98 Å². The number of benzene rings is 2. The van der Waals surface area contributed by atoms with Crippen molar-refractivity contribution in [3.63, 3.8) is 0 Å². The number of aromatic nitrogens is 3. The number of hydrogen-bond donors (Lipinski definition) is 1. The Morgan fingerprint density at radius 3 is 2.55 bits per heavy atom. The lowest BCUT2D eigenvalue weighted by Gasteiger charge is -2.35. The molecular formula is C37H37Cl2N5O5. The van der Waals surface area contributed by atoms with Gasteiger partial charge in [0.1, 0.15) is 5.75 Å². The Bertz CT molecular complexity index is 1980. The lowest BCUT2D eigenvalue weighted by molar-refractivity contribution is -0.152. The SMILES string of the molecule is COC(=O)C12CCC(CN3CCc4c(nc(C(=O)Nc5cccc(-c6ccnc(-c7ccc(C=O)c(OC)c7)c6Cl)c5Cl)n4C)C3)(CC1)C2. The second-order valence-electron chi connectivity index (χ2n) is 13.5. The van der Waals surface area contributed by atoms with E-state index in [1.807, 2.05) is 17.7 Å². The third kappa shape index (κ3) is 5.79. The number of carbonyl (C=O) groups is 3. The number of anilines is 1. The number of ether oxygens (including phenoxy) is 2. The predicted molar refractivity (Wildman–Crippen MR) is 187 cm³/mol. The summed E-state index contributed by atoms with van der Waals surface area (Å²) in [6, 6.07) is 12.3. The Morgan fingerprint density at radius 2 is 1.82 bits per heavy atom. The number of aldehydes is 1. The van der Waals surface area contributed by atoms with E-state index >= 15 is 0 Å². The second-order valence-corrected chi connectivity index (χ2v) is 14.3. The van der Waals surface area contributed by atoms with Gasteiger partial charge in [0.2, 0.25) is 0 Å². The van der Waals surface area contributed by atoms with Crippen LogP contribution in [0.2, 0.25) is 10.0 Å². The lowest BCUT2D eigenvalue weighted by atomic mass is 9.81. The molecule has 0 atom stereocenters. The molecule has 2 fully saturated rings. The number of fused-ring (bicyclic) bond motifs is 3. The Balaban J connectivity index is 1.09. The van der Waals surface area contributed by atoms with Crippen molar-refractivity contribution in [2.75, 3.05) is 32.6 Å². The van der Waals surface area contributed by atoms with Crippen molar-refractivity contribution >= 4 is 47.1 Å².